The summed E-state index contributed by atoms with van der Waals surface area (Å²) in [6, 6.07) is 16.4. The third-order valence-electron chi connectivity index (χ3n) is 4.34. The molecule has 5 heteroatoms. The maximum atomic E-state index is 13.2. The van der Waals surface area contributed by atoms with E-state index in [9.17, 15) is 9.59 Å². The minimum Gasteiger partial charge on any atom is -0.422 e. The molecule has 2 aromatic carbocycles. The highest BCUT2D eigenvalue weighted by molar-refractivity contribution is 6.09. The first-order valence-electron chi connectivity index (χ1n) is 8.17. The molecule has 2 heterocycles. The van der Waals surface area contributed by atoms with Crippen LogP contribution in [0.25, 0.3) is 11.0 Å². The first-order chi connectivity index (χ1) is 11.9. The Morgan fingerprint density at radius 1 is 1.12 bits per heavy atom. The summed E-state index contributed by atoms with van der Waals surface area (Å²) in [5.74, 6) is -0.346. The second-order valence-corrected chi connectivity index (χ2v) is 6.90. The SMILES string of the molecule is CC1(C)CN(C(=O)c2cc3ccccc3oc2=O)c2ccccc2N1. The Morgan fingerprint density at radius 2 is 1.84 bits per heavy atom. The van der Waals surface area contributed by atoms with E-state index in [1.54, 1.807) is 23.1 Å². The summed E-state index contributed by atoms with van der Waals surface area (Å²) in [6.45, 7) is 4.49. The lowest BCUT2D eigenvalue weighted by Crippen LogP contribution is -2.51. The summed E-state index contributed by atoms with van der Waals surface area (Å²) >= 11 is 0. The number of benzene rings is 2. The van der Waals surface area contributed by atoms with Gasteiger partial charge in [-0.1, -0.05) is 30.3 Å². The minimum absolute atomic E-state index is 0.0474. The van der Waals surface area contributed by atoms with Crippen molar-refractivity contribution in [3.63, 3.8) is 0 Å². The molecule has 0 radical (unpaired) electrons. The van der Waals surface area contributed by atoms with Crippen LogP contribution >= 0.6 is 0 Å². The number of carbonyl (C=O) groups excluding carboxylic acids is 1. The van der Waals surface area contributed by atoms with E-state index in [2.05, 4.69) is 5.32 Å². The minimum atomic E-state index is -0.613. The van der Waals surface area contributed by atoms with Crippen molar-refractivity contribution in [3.05, 3.63) is 70.6 Å². The third kappa shape index (κ3) is 2.67. The maximum Gasteiger partial charge on any atom is 0.349 e. The fourth-order valence-electron chi connectivity index (χ4n) is 3.24. The van der Waals surface area contributed by atoms with Crippen LogP contribution in [0.3, 0.4) is 0 Å². The van der Waals surface area contributed by atoms with Crippen LogP contribution in [0.4, 0.5) is 11.4 Å². The van der Waals surface area contributed by atoms with E-state index < -0.39 is 5.63 Å². The zero-order valence-corrected chi connectivity index (χ0v) is 14.1. The van der Waals surface area contributed by atoms with E-state index in [0.717, 1.165) is 16.8 Å². The number of fused-ring (bicyclic) bond motifs is 2. The molecule has 0 fully saturated rings. The van der Waals surface area contributed by atoms with Crippen LogP contribution in [0, 0.1) is 0 Å². The first kappa shape index (κ1) is 15.4. The highest BCUT2D eigenvalue weighted by atomic mass is 16.4. The standard InChI is InChI=1S/C20H18N2O3/c1-20(2)12-22(16-9-5-4-8-15(16)21-20)18(23)14-11-13-7-3-6-10-17(13)25-19(14)24/h3-11,21H,12H2,1-2H3. The average molecular weight is 334 g/mol. The van der Waals surface area contributed by atoms with Gasteiger partial charge < -0.3 is 14.6 Å². The summed E-state index contributed by atoms with van der Waals surface area (Å²) in [6.07, 6.45) is 0. The highest BCUT2D eigenvalue weighted by Gasteiger charge is 2.34. The molecule has 0 unspecified atom stereocenters. The van der Waals surface area contributed by atoms with E-state index in [4.69, 9.17) is 4.42 Å². The summed E-state index contributed by atoms with van der Waals surface area (Å²) < 4.78 is 5.33. The van der Waals surface area contributed by atoms with Crippen molar-refractivity contribution in [2.24, 2.45) is 0 Å². The third-order valence-corrected chi connectivity index (χ3v) is 4.34. The number of carbonyl (C=O) groups is 1. The van der Waals surface area contributed by atoms with Crippen LogP contribution in [0.2, 0.25) is 0 Å². The number of hydrogen-bond acceptors (Lipinski definition) is 4. The van der Waals surface area contributed by atoms with Gasteiger partial charge in [0.1, 0.15) is 11.1 Å². The van der Waals surface area contributed by atoms with Gasteiger partial charge in [0.15, 0.2) is 0 Å². The molecule has 0 spiro atoms. The average Bonchev–Trinajstić information content (AvgIpc) is 2.59. The Hall–Kier alpha value is -3.08. The topological polar surface area (TPSA) is 62.6 Å². The van der Waals surface area contributed by atoms with Gasteiger partial charge in [-0.3, -0.25) is 4.79 Å². The Morgan fingerprint density at radius 3 is 2.68 bits per heavy atom. The van der Waals surface area contributed by atoms with Gasteiger partial charge >= 0.3 is 5.63 Å². The van der Waals surface area contributed by atoms with Crippen LogP contribution in [0.15, 0.2) is 63.8 Å². The molecule has 4 rings (SSSR count). The Balaban J connectivity index is 1.84. The lowest BCUT2D eigenvalue weighted by atomic mass is 9.98. The van der Waals surface area contributed by atoms with Gasteiger partial charge in [0.2, 0.25) is 0 Å². The van der Waals surface area contributed by atoms with Gasteiger partial charge in [-0.2, -0.15) is 0 Å². The Kier molecular flexibility index (Phi) is 3.39. The van der Waals surface area contributed by atoms with E-state index in [1.807, 2.05) is 50.2 Å². The molecule has 1 N–H and O–H groups in total. The molecule has 0 atom stereocenters. The fraction of sp³-hybridized carbons (Fsp3) is 0.200. The smallest absolute Gasteiger partial charge is 0.349 e. The van der Waals surface area contributed by atoms with Crippen molar-refractivity contribution in [2.45, 2.75) is 19.4 Å². The van der Waals surface area contributed by atoms with Gasteiger partial charge in [0, 0.05) is 17.5 Å². The Bertz CT molecular complexity index is 1040. The van der Waals surface area contributed by atoms with Gasteiger partial charge in [-0.25, -0.2) is 4.79 Å². The second kappa shape index (κ2) is 5.48. The summed E-state index contributed by atoms with van der Waals surface area (Å²) in [5.41, 5.74) is 1.24. The lowest BCUT2D eigenvalue weighted by Gasteiger charge is -2.40. The fourth-order valence-corrected chi connectivity index (χ4v) is 3.24. The van der Waals surface area contributed by atoms with Crippen LogP contribution in [0.5, 0.6) is 0 Å². The van der Waals surface area contributed by atoms with Crippen LogP contribution in [-0.4, -0.2) is 18.0 Å². The maximum absolute atomic E-state index is 13.2. The van der Waals surface area contributed by atoms with Gasteiger partial charge in [0.25, 0.3) is 5.91 Å². The molecule has 1 aliphatic rings. The van der Waals surface area contributed by atoms with E-state index in [-0.39, 0.29) is 17.0 Å². The second-order valence-electron chi connectivity index (χ2n) is 6.90. The first-order valence-corrected chi connectivity index (χ1v) is 8.17. The number of anilines is 2. The van der Waals surface area contributed by atoms with Crippen molar-refractivity contribution < 1.29 is 9.21 Å². The predicted octanol–water partition coefficient (Wildman–Crippen LogP) is 3.64. The summed E-state index contributed by atoms with van der Waals surface area (Å²) in [7, 11) is 0. The van der Waals surface area contributed by atoms with Crippen molar-refractivity contribution in [1.82, 2.24) is 0 Å². The quantitative estimate of drug-likeness (QED) is 0.690. The molecule has 1 aromatic heterocycles. The largest absolute Gasteiger partial charge is 0.422 e. The molecule has 1 aliphatic heterocycles. The molecule has 0 aliphatic carbocycles. The number of rotatable bonds is 1. The number of amides is 1. The van der Waals surface area contributed by atoms with Crippen molar-refractivity contribution in [3.8, 4) is 0 Å². The van der Waals surface area contributed by atoms with E-state index in [1.165, 1.54) is 0 Å². The molecular weight excluding hydrogens is 316 g/mol. The predicted molar refractivity (Wildman–Crippen MR) is 98.3 cm³/mol. The molecule has 0 saturated heterocycles. The number of nitrogens with one attached hydrogen (secondary N) is 1. The van der Waals surface area contributed by atoms with Crippen LogP contribution < -0.4 is 15.8 Å². The molecule has 3 aromatic rings. The molecule has 25 heavy (non-hydrogen) atoms. The molecule has 1 amide bonds. The number of para-hydroxylation sites is 3. The van der Waals surface area contributed by atoms with Crippen molar-refractivity contribution in [1.29, 1.82) is 0 Å². The number of hydrogen-bond donors (Lipinski definition) is 1. The van der Waals surface area contributed by atoms with E-state index >= 15 is 0 Å². The zero-order chi connectivity index (χ0) is 17.6. The van der Waals surface area contributed by atoms with Gasteiger partial charge in [0.05, 0.1) is 11.4 Å². The molecule has 5 nitrogen and oxygen atoms in total. The Labute approximate surface area is 144 Å². The normalized spacial score (nSPS) is 15.5. The van der Waals surface area contributed by atoms with Crippen LogP contribution in [-0.2, 0) is 0 Å². The molecule has 0 bridgehead atoms. The van der Waals surface area contributed by atoms with Crippen LogP contribution in [0.1, 0.15) is 24.2 Å². The van der Waals surface area contributed by atoms with Crippen molar-refractivity contribution >= 4 is 28.3 Å². The van der Waals surface area contributed by atoms with Crippen molar-refractivity contribution in [2.75, 3.05) is 16.8 Å². The monoisotopic (exact) mass is 334 g/mol. The molecule has 126 valence electrons. The number of nitrogens with zero attached hydrogens (tertiary/aromatic N) is 1. The summed E-state index contributed by atoms with van der Waals surface area (Å²) in [4.78, 5) is 27.2. The summed E-state index contributed by atoms with van der Waals surface area (Å²) in [5, 5.41) is 4.15. The highest BCUT2D eigenvalue weighted by Crippen LogP contribution is 2.34. The lowest BCUT2D eigenvalue weighted by molar-refractivity contribution is 0.0978. The van der Waals surface area contributed by atoms with E-state index in [0.29, 0.717) is 12.1 Å². The molecular formula is C20H18N2O3. The van der Waals surface area contributed by atoms with Gasteiger partial charge in [-0.15, -0.1) is 0 Å². The zero-order valence-electron chi connectivity index (χ0n) is 14.1. The van der Waals surface area contributed by atoms with Gasteiger partial charge in [-0.05, 0) is 38.1 Å². The molecule has 0 saturated carbocycles.